The fourth-order valence-corrected chi connectivity index (χ4v) is 5.58. The van der Waals surface area contributed by atoms with Crippen LogP contribution in [0.15, 0.2) is 52.9 Å². The summed E-state index contributed by atoms with van der Waals surface area (Å²) in [5.74, 6) is 0.150. The highest BCUT2D eigenvalue weighted by Gasteiger charge is 2.29. The molecule has 2 aromatic carbocycles. The quantitative estimate of drug-likeness (QED) is 0.448. The zero-order chi connectivity index (χ0) is 25.9. The van der Waals surface area contributed by atoms with E-state index in [2.05, 4.69) is 15.5 Å². The third-order valence-electron chi connectivity index (χ3n) is 6.42. The van der Waals surface area contributed by atoms with Crippen molar-refractivity contribution in [3.8, 4) is 11.5 Å². The first-order valence-corrected chi connectivity index (χ1v) is 14.0. The van der Waals surface area contributed by atoms with Crippen LogP contribution in [0.2, 0.25) is 0 Å². The van der Waals surface area contributed by atoms with Crippen molar-refractivity contribution in [3.63, 3.8) is 0 Å². The van der Waals surface area contributed by atoms with Crippen LogP contribution in [-0.2, 0) is 22.0 Å². The number of nitrogens with zero attached hydrogens (tertiary/aromatic N) is 3. The first-order chi connectivity index (χ1) is 17.1. The van der Waals surface area contributed by atoms with Gasteiger partial charge in [-0.3, -0.25) is 9.10 Å². The van der Waals surface area contributed by atoms with Gasteiger partial charge >= 0.3 is 0 Å². The molecule has 1 aliphatic rings. The Bertz CT molecular complexity index is 1320. The van der Waals surface area contributed by atoms with E-state index in [4.69, 9.17) is 10.2 Å². The van der Waals surface area contributed by atoms with Crippen molar-refractivity contribution in [3.05, 3.63) is 65.5 Å². The minimum atomic E-state index is -3.57. The summed E-state index contributed by atoms with van der Waals surface area (Å²) in [4.78, 5) is 13.1. The van der Waals surface area contributed by atoms with Crippen molar-refractivity contribution in [2.45, 2.75) is 57.5 Å². The number of aromatic nitrogens is 2. The molecule has 0 radical (unpaired) electrons. The number of benzene rings is 2. The molecule has 0 aliphatic heterocycles. The Labute approximate surface area is 212 Å². The maximum absolute atomic E-state index is 13.1. The number of amides is 1. The van der Waals surface area contributed by atoms with Gasteiger partial charge in [0.15, 0.2) is 0 Å². The number of sulfonamides is 1. The van der Waals surface area contributed by atoms with Gasteiger partial charge in [0.05, 0.1) is 17.5 Å². The molecule has 9 nitrogen and oxygen atoms in total. The van der Waals surface area contributed by atoms with Crippen LogP contribution in [0.25, 0.3) is 11.5 Å². The van der Waals surface area contributed by atoms with Crippen molar-refractivity contribution >= 4 is 21.6 Å². The molecule has 1 atom stereocenters. The van der Waals surface area contributed by atoms with Crippen molar-refractivity contribution in [2.24, 2.45) is 5.73 Å². The van der Waals surface area contributed by atoms with Gasteiger partial charge < -0.3 is 15.5 Å². The lowest BCUT2D eigenvalue weighted by Crippen LogP contribution is -2.35. The van der Waals surface area contributed by atoms with Crippen LogP contribution in [0.5, 0.6) is 0 Å². The predicted octanol–water partition coefficient (Wildman–Crippen LogP) is 3.61. The van der Waals surface area contributed by atoms with Gasteiger partial charge in [0.25, 0.3) is 5.91 Å². The van der Waals surface area contributed by atoms with Crippen LogP contribution in [0.1, 0.15) is 61.3 Å². The van der Waals surface area contributed by atoms with Gasteiger partial charge in [-0.1, -0.05) is 43.2 Å². The molecule has 1 amide bonds. The zero-order valence-corrected chi connectivity index (χ0v) is 21.7. The average Bonchev–Trinajstić information content (AvgIpc) is 3.52. The van der Waals surface area contributed by atoms with Gasteiger partial charge in [-0.15, -0.1) is 10.2 Å². The normalized spacial score (nSPS) is 16.0. The lowest BCUT2D eigenvalue weighted by molar-refractivity contribution is 0.0938. The van der Waals surface area contributed by atoms with E-state index in [1.165, 1.54) is 4.31 Å². The van der Waals surface area contributed by atoms with E-state index in [0.717, 1.165) is 37.5 Å². The van der Waals surface area contributed by atoms with E-state index < -0.39 is 15.6 Å². The van der Waals surface area contributed by atoms with E-state index in [1.54, 1.807) is 25.1 Å². The van der Waals surface area contributed by atoms with Crippen LogP contribution < -0.4 is 15.4 Å². The minimum absolute atomic E-state index is 0.118. The number of carbonyl (C=O) groups excluding carboxylic acids is 1. The van der Waals surface area contributed by atoms with E-state index in [9.17, 15) is 13.2 Å². The Hall–Kier alpha value is -3.24. The van der Waals surface area contributed by atoms with Gasteiger partial charge in [0.2, 0.25) is 21.8 Å². The fourth-order valence-electron chi connectivity index (χ4n) is 4.62. The summed E-state index contributed by atoms with van der Waals surface area (Å²) in [6, 6.07) is 14.8. The molecule has 0 spiro atoms. The number of nitrogens with one attached hydrogen (secondary N) is 1. The molecule has 0 bridgehead atoms. The van der Waals surface area contributed by atoms with Crippen molar-refractivity contribution < 1.29 is 17.6 Å². The maximum atomic E-state index is 13.1. The lowest BCUT2D eigenvalue weighted by Gasteiger charge is -2.22. The second-order valence-corrected chi connectivity index (χ2v) is 11.6. The molecule has 3 N–H and O–H groups in total. The van der Waals surface area contributed by atoms with Gasteiger partial charge in [0.1, 0.15) is 0 Å². The second kappa shape index (κ2) is 10.4. The Morgan fingerprint density at radius 2 is 1.86 bits per heavy atom. The third kappa shape index (κ3) is 5.93. The summed E-state index contributed by atoms with van der Waals surface area (Å²) < 4.78 is 32.1. The van der Waals surface area contributed by atoms with Crippen molar-refractivity contribution in [1.29, 1.82) is 0 Å². The van der Waals surface area contributed by atoms with E-state index >= 15 is 0 Å². The highest BCUT2D eigenvalue weighted by Crippen LogP contribution is 2.30. The molecule has 4 rings (SSSR count). The molecule has 192 valence electrons. The van der Waals surface area contributed by atoms with Crippen molar-refractivity contribution in [2.75, 3.05) is 17.1 Å². The highest BCUT2D eigenvalue weighted by molar-refractivity contribution is 7.92. The standard InChI is InChI=1S/C26H33N5O4S/c1-4-31(36(3,33)34)22-15-19(23(32)28-21-12-8-9-13-21)14-20(16-22)24-29-30-25(35-24)26(2,27)17-18-10-6-5-7-11-18/h5-7,10-11,14-16,21H,4,8-9,12-13,17,27H2,1-3H3,(H,28,32)/t26-/m1/s1. The molecule has 36 heavy (non-hydrogen) atoms. The molecular weight excluding hydrogens is 478 g/mol. The average molecular weight is 512 g/mol. The van der Waals surface area contributed by atoms with Gasteiger partial charge in [-0.05, 0) is 56.9 Å². The third-order valence-corrected chi connectivity index (χ3v) is 7.69. The molecule has 3 aromatic rings. The van der Waals surface area contributed by atoms with Crippen LogP contribution in [0.4, 0.5) is 5.69 Å². The highest BCUT2D eigenvalue weighted by atomic mass is 32.2. The SMILES string of the molecule is CCN(c1cc(C(=O)NC2CCCC2)cc(-c2nnc([C@](C)(N)Cc3ccccc3)o2)c1)S(C)(=O)=O. The second-order valence-electron chi connectivity index (χ2n) is 9.64. The number of anilines is 1. The summed E-state index contributed by atoms with van der Waals surface area (Å²) in [7, 11) is -3.57. The van der Waals surface area contributed by atoms with Gasteiger partial charge in [0, 0.05) is 23.7 Å². The van der Waals surface area contributed by atoms with E-state index in [0.29, 0.717) is 23.2 Å². The summed E-state index contributed by atoms with van der Waals surface area (Å²) in [6.07, 6.45) is 5.66. The monoisotopic (exact) mass is 511 g/mol. The molecule has 1 fully saturated rings. The molecular formula is C26H33N5O4S. The number of hydrogen-bond donors (Lipinski definition) is 2. The molecule has 1 aromatic heterocycles. The fraction of sp³-hybridized carbons (Fsp3) is 0.423. The first-order valence-electron chi connectivity index (χ1n) is 12.2. The van der Waals surface area contributed by atoms with Crippen molar-refractivity contribution in [1.82, 2.24) is 15.5 Å². The minimum Gasteiger partial charge on any atom is -0.419 e. The Balaban J connectivity index is 1.70. The summed E-state index contributed by atoms with van der Waals surface area (Å²) >= 11 is 0. The van der Waals surface area contributed by atoms with Crippen LogP contribution in [0.3, 0.4) is 0 Å². The molecule has 10 heteroatoms. The molecule has 1 saturated carbocycles. The van der Waals surface area contributed by atoms with Gasteiger partial charge in [-0.25, -0.2) is 8.42 Å². The van der Waals surface area contributed by atoms with E-state index in [1.807, 2.05) is 37.3 Å². The first kappa shape index (κ1) is 25.8. The topological polar surface area (TPSA) is 131 Å². The van der Waals surface area contributed by atoms with Crippen LogP contribution >= 0.6 is 0 Å². The Morgan fingerprint density at radius 3 is 2.50 bits per heavy atom. The Morgan fingerprint density at radius 1 is 1.17 bits per heavy atom. The van der Waals surface area contributed by atoms with Gasteiger partial charge in [-0.2, -0.15) is 0 Å². The number of nitrogens with two attached hydrogens (primary N) is 1. The summed E-state index contributed by atoms with van der Waals surface area (Å²) in [5.41, 5.74) is 7.78. The molecule has 0 unspecified atom stereocenters. The largest absolute Gasteiger partial charge is 0.419 e. The zero-order valence-electron chi connectivity index (χ0n) is 20.9. The predicted molar refractivity (Wildman–Crippen MR) is 139 cm³/mol. The maximum Gasteiger partial charge on any atom is 0.251 e. The Kier molecular flexibility index (Phi) is 7.46. The van der Waals surface area contributed by atoms with E-state index in [-0.39, 0.29) is 30.3 Å². The summed E-state index contributed by atoms with van der Waals surface area (Å²) in [6.45, 7) is 3.76. The smallest absolute Gasteiger partial charge is 0.251 e. The lowest BCUT2D eigenvalue weighted by atomic mass is 9.94. The molecule has 1 aliphatic carbocycles. The van der Waals surface area contributed by atoms with Crippen LogP contribution in [0, 0.1) is 0 Å². The number of hydrogen-bond acceptors (Lipinski definition) is 7. The number of carbonyl (C=O) groups is 1. The summed E-state index contributed by atoms with van der Waals surface area (Å²) in [5, 5.41) is 11.4. The van der Waals surface area contributed by atoms with Crippen LogP contribution in [-0.4, -0.2) is 43.4 Å². The molecule has 1 heterocycles. The number of rotatable bonds is 9. The molecule has 0 saturated heterocycles.